The Morgan fingerprint density at radius 2 is 2.05 bits per heavy atom. The predicted octanol–water partition coefficient (Wildman–Crippen LogP) is 3.60. The first-order valence-corrected chi connectivity index (χ1v) is 7.57. The highest BCUT2D eigenvalue weighted by Crippen LogP contribution is 2.27. The Kier molecular flexibility index (Phi) is 4.14. The number of aryl methyl sites for hydroxylation is 2. The fourth-order valence-electron chi connectivity index (χ4n) is 2.70. The zero-order valence-corrected chi connectivity index (χ0v) is 13.0. The normalized spacial score (nSPS) is 16.5. The second-order valence-electron chi connectivity index (χ2n) is 5.86. The Labute approximate surface area is 130 Å². The van der Waals surface area contributed by atoms with Gasteiger partial charge in [0.15, 0.2) is 0 Å². The minimum Gasteiger partial charge on any atom is -0.492 e. The van der Waals surface area contributed by atoms with Crippen molar-refractivity contribution in [2.45, 2.75) is 26.9 Å². The fraction of sp³-hybridized carbons (Fsp3) is 0.316. The first kappa shape index (κ1) is 14.6. The Hall–Kier alpha value is -2.29. The van der Waals surface area contributed by atoms with E-state index in [1.807, 2.05) is 38.1 Å². The Morgan fingerprint density at radius 3 is 2.91 bits per heavy atom. The number of hydrogen-bond donors (Lipinski definition) is 0. The van der Waals surface area contributed by atoms with E-state index in [1.165, 1.54) is 5.56 Å². The molecule has 0 N–H and O–H groups in total. The highest BCUT2D eigenvalue weighted by Gasteiger charge is 2.27. The molecule has 0 bridgehead atoms. The smallest absolute Gasteiger partial charge is 0.313 e. The highest BCUT2D eigenvalue weighted by molar-refractivity contribution is 5.73. The van der Waals surface area contributed by atoms with E-state index >= 15 is 0 Å². The average Bonchev–Trinajstić information content (AvgIpc) is 2.55. The maximum atomic E-state index is 12.3. The van der Waals surface area contributed by atoms with Crippen LogP contribution in [0.1, 0.15) is 22.3 Å². The molecule has 1 atom stereocenters. The molecule has 0 aliphatic carbocycles. The lowest BCUT2D eigenvalue weighted by Gasteiger charge is -2.24. The lowest BCUT2D eigenvalue weighted by atomic mass is 9.97. The van der Waals surface area contributed by atoms with Crippen molar-refractivity contribution in [3.63, 3.8) is 0 Å². The van der Waals surface area contributed by atoms with Crippen molar-refractivity contribution >= 4 is 5.97 Å². The maximum Gasteiger partial charge on any atom is 0.313 e. The SMILES string of the molecule is Cc1ccc(C)c(COC(=O)C2COc3ccccc3C2)c1. The molecule has 2 aromatic rings. The second-order valence-corrected chi connectivity index (χ2v) is 5.86. The quantitative estimate of drug-likeness (QED) is 0.812. The van der Waals surface area contributed by atoms with Gasteiger partial charge in [0.2, 0.25) is 0 Å². The van der Waals surface area contributed by atoms with Gasteiger partial charge in [-0.05, 0) is 43.0 Å². The zero-order chi connectivity index (χ0) is 15.5. The number of fused-ring (bicyclic) bond motifs is 1. The molecule has 0 fully saturated rings. The summed E-state index contributed by atoms with van der Waals surface area (Å²) >= 11 is 0. The van der Waals surface area contributed by atoms with Gasteiger partial charge < -0.3 is 9.47 Å². The molecule has 1 heterocycles. The van der Waals surface area contributed by atoms with Crippen molar-refractivity contribution < 1.29 is 14.3 Å². The molecule has 0 saturated heterocycles. The summed E-state index contributed by atoms with van der Waals surface area (Å²) in [5.41, 5.74) is 4.45. The molecular weight excluding hydrogens is 276 g/mol. The third-order valence-electron chi connectivity index (χ3n) is 4.09. The first-order valence-electron chi connectivity index (χ1n) is 7.57. The van der Waals surface area contributed by atoms with Crippen LogP contribution in [0.2, 0.25) is 0 Å². The molecule has 1 aliphatic rings. The molecule has 0 spiro atoms. The van der Waals surface area contributed by atoms with Gasteiger partial charge in [0.1, 0.15) is 19.0 Å². The van der Waals surface area contributed by atoms with Gasteiger partial charge in [-0.25, -0.2) is 0 Å². The van der Waals surface area contributed by atoms with Gasteiger partial charge in [-0.2, -0.15) is 0 Å². The summed E-state index contributed by atoms with van der Waals surface area (Å²) in [4.78, 5) is 12.3. The van der Waals surface area contributed by atoms with Gasteiger partial charge in [-0.1, -0.05) is 42.0 Å². The average molecular weight is 296 g/mol. The van der Waals surface area contributed by atoms with Gasteiger partial charge in [0.05, 0.1) is 5.92 Å². The number of carbonyl (C=O) groups is 1. The topological polar surface area (TPSA) is 35.5 Å². The lowest BCUT2D eigenvalue weighted by Crippen LogP contribution is -2.29. The van der Waals surface area contributed by atoms with Gasteiger partial charge in [-0.15, -0.1) is 0 Å². The van der Waals surface area contributed by atoms with Crippen LogP contribution in [0.5, 0.6) is 5.75 Å². The van der Waals surface area contributed by atoms with E-state index in [0.717, 1.165) is 22.4 Å². The van der Waals surface area contributed by atoms with E-state index in [1.54, 1.807) is 0 Å². The highest BCUT2D eigenvalue weighted by atomic mass is 16.5. The van der Waals surface area contributed by atoms with Crippen molar-refractivity contribution in [1.29, 1.82) is 0 Å². The van der Waals surface area contributed by atoms with E-state index < -0.39 is 0 Å². The molecule has 22 heavy (non-hydrogen) atoms. The number of rotatable bonds is 3. The number of benzene rings is 2. The van der Waals surface area contributed by atoms with Crippen molar-refractivity contribution in [3.8, 4) is 5.75 Å². The van der Waals surface area contributed by atoms with Crippen LogP contribution in [0, 0.1) is 19.8 Å². The van der Waals surface area contributed by atoms with Crippen LogP contribution in [-0.4, -0.2) is 12.6 Å². The molecule has 114 valence electrons. The molecule has 3 nitrogen and oxygen atoms in total. The summed E-state index contributed by atoms with van der Waals surface area (Å²) in [6, 6.07) is 14.0. The van der Waals surface area contributed by atoms with Gasteiger partial charge in [0.25, 0.3) is 0 Å². The van der Waals surface area contributed by atoms with Crippen LogP contribution in [0.15, 0.2) is 42.5 Å². The van der Waals surface area contributed by atoms with E-state index in [-0.39, 0.29) is 11.9 Å². The molecule has 0 amide bonds. The largest absolute Gasteiger partial charge is 0.492 e. The van der Waals surface area contributed by atoms with Crippen LogP contribution in [-0.2, 0) is 22.6 Å². The van der Waals surface area contributed by atoms with Crippen LogP contribution in [0.4, 0.5) is 0 Å². The van der Waals surface area contributed by atoms with Gasteiger partial charge in [-0.3, -0.25) is 4.79 Å². The van der Waals surface area contributed by atoms with Crippen molar-refractivity contribution in [3.05, 3.63) is 64.7 Å². The maximum absolute atomic E-state index is 12.3. The molecule has 0 aromatic heterocycles. The summed E-state index contributed by atoms with van der Waals surface area (Å²) in [6.07, 6.45) is 0.682. The van der Waals surface area contributed by atoms with E-state index in [4.69, 9.17) is 9.47 Å². The van der Waals surface area contributed by atoms with Gasteiger partial charge >= 0.3 is 5.97 Å². The third kappa shape index (κ3) is 3.14. The minimum atomic E-state index is -0.222. The summed E-state index contributed by atoms with van der Waals surface area (Å²) < 4.78 is 11.2. The van der Waals surface area contributed by atoms with E-state index in [2.05, 4.69) is 18.2 Å². The molecular formula is C19H20O3. The van der Waals surface area contributed by atoms with Crippen LogP contribution < -0.4 is 4.74 Å². The number of ether oxygens (including phenoxy) is 2. The van der Waals surface area contributed by atoms with Gasteiger partial charge in [0, 0.05) is 0 Å². The van der Waals surface area contributed by atoms with E-state index in [0.29, 0.717) is 19.6 Å². The Balaban J connectivity index is 1.62. The molecule has 3 heteroatoms. The van der Waals surface area contributed by atoms with Crippen molar-refractivity contribution in [1.82, 2.24) is 0 Å². The van der Waals surface area contributed by atoms with Crippen molar-refractivity contribution in [2.75, 3.05) is 6.61 Å². The fourth-order valence-corrected chi connectivity index (χ4v) is 2.70. The predicted molar refractivity (Wildman–Crippen MR) is 84.8 cm³/mol. The lowest BCUT2D eigenvalue weighted by molar-refractivity contribution is -0.151. The minimum absolute atomic E-state index is 0.185. The summed E-state index contributed by atoms with van der Waals surface area (Å²) in [6.45, 7) is 4.78. The monoisotopic (exact) mass is 296 g/mol. The van der Waals surface area contributed by atoms with Crippen LogP contribution >= 0.6 is 0 Å². The molecule has 0 saturated carbocycles. The molecule has 1 aliphatic heterocycles. The first-order chi connectivity index (χ1) is 10.6. The van der Waals surface area contributed by atoms with Crippen molar-refractivity contribution in [2.24, 2.45) is 5.92 Å². The Bertz CT molecular complexity index is 691. The summed E-state index contributed by atoms with van der Waals surface area (Å²) in [5.74, 6) is 0.469. The third-order valence-corrected chi connectivity index (χ3v) is 4.09. The number of carbonyl (C=O) groups excluding carboxylic acids is 1. The van der Waals surface area contributed by atoms with Crippen LogP contribution in [0.3, 0.4) is 0 Å². The number of hydrogen-bond acceptors (Lipinski definition) is 3. The Morgan fingerprint density at radius 1 is 1.23 bits per heavy atom. The molecule has 1 unspecified atom stereocenters. The zero-order valence-electron chi connectivity index (χ0n) is 13.0. The summed E-state index contributed by atoms with van der Waals surface area (Å²) in [7, 11) is 0. The number of esters is 1. The molecule has 3 rings (SSSR count). The summed E-state index contributed by atoms with van der Waals surface area (Å²) in [5, 5.41) is 0. The van der Waals surface area contributed by atoms with E-state index in [9.17, 15) is 4.79 Å². The molecule has 0 radical (unpaired) electrons. The van der Waals surface area contributed by atoms with Crippen LogP contribution in [0.25, 0.3) is 0 Å². The number of para-hydroxylation sites is 1. The molecule has 2 aromatic carbocycles. The standard InChI is InChI=1S/C19H20O3/c1-13-7-8-14(2)16(9-13)11-22-19(20)17-10-15-5-3-4-6-18(15)21-12-17/h3-9,17H,10-12H2,1-2H3. The second kappa shape index (κ2) is 6.22.